The monoisotopic (exact) mass is 368 g/mol. The number of unbranched alkanes of at least 4 members (excludes halogenated alkanes) is 2. The van der Waals surface area contributed by atoms with Crippen molar-refractivity contribution in [1.29, 1.82) is 0 Å². The summed E-state index contributed by atoms with van der Waals surface area (Å²) in [6.07, 6.45) is 9.04. The minimum absolute atomic E-state index is 0.0185. The van der Waals surface area contributed by atoms with Crippen LogP contribution in [0, 0.1) is 12.8 Å². The average Bonchev–Trinajstić information content (AvgIpc) is 2.80. The second-order valence-electron chi connectivity index (χ2n) is 7.41. The third-order valence-corrected chi connectivity index (χ3v) is 4.91. The van der Waals surface area contributed by atoms with Gasteiger partial charge in [-0.15, -0.1) is 0 Å². The topological polar surface area (TPSA) is 59.0 Å². The van der Waals surface area contributed by atoms with E-state index in [1.807, 2.05) is 6.92 Å². The molecule has 0 fully saturated rings. The highest BCUT2D eigenvalue weighted by molar-refractivity contribution is 5.86. The molecule has 1 unspecified atom stereocenters. The summed E-state index contributed by atoms with van der Waals surface area (Å²) >= 11 is 0. The van der Waals surface area contributed by atoms with E-state index in [1.165, 1.54) is 50.1 Å². The molecule has 0 radical (unpaired) electrons. The van der Waals surface area contributed by atoms with Crippen LogP contribution in [0.3, 0.4) is 0 Å². The molecule has 2 aromatic heterocycles. The summed E-state index contributed by atoms with van der Waals surface area (Å²) in [7, 11) is 0. The van der Waals surface area contributed by atoms with Crippen molar-refractivity contribution in [1.82, 2.24) is 15.0 Å². The van der Waals surface area contributed by atoms with Gasteiger partial charge in [0.25, 0.3) is 0 Å². The Morgan fingerprint density at radius 2 is 2.11 bits per heavy atom. The number of nitrogens with zero attached hydrogens (tertiary/aromatic N) is 4. The minimum Gasteiger partial charge on any atom is -0.356 e. The highest BCUT2D eigenvalue weighted by atomic mass is 16.1. The number of pyridine rings is 1. The molecule has 5 heteroatoms. The Kier molecular flexibility index (Phi) is 7.89. The third-order valence-electron chi connectivity index (χ3n) is 4.91. The number of carbonyl (C=O) groups is 1. The second-order valence-corrected chi connectivity index (χ2v) is 7.41. The molecule has 27 heavy (non-hydrogen) atoms. The Balaban J connectivity index is 0.000000465. The summed E-state index contributed by atoms with van der Waals surface area (Å²) in [6.45, 7) is 13.5. The van der Waals surface area contributed by atoms with Crippen molar-refractivity contribution in [2.45, 2.75) is 59.8 Å². The number of anilines is 1. The van der Waals surface area contributed by atoms with Crippen LogP contribution in [0.1, 0.15) is 57.7 Å². The lowest BCUT2D eigenvalue weighted by Gasteiger charge is -2.26. The van der Waals surface area contributed by atoms with Crippen molar-refractivity contribution in [2.75, 3.05) is 18.0 Å². The maximum atomic E-state index is 9.69. The van der Waals surface area contributed by atoms with Gasteiger partial charge in [-0.3, -0.25) is 4.79 Å². The SMILES string of the molecule is C=CC(C)=O.CCCCCN1CC(C)CCc2cc3ncnc(C)c3nc21. The number of fused-ring (bicyclic) bond motifs is 2. The average molecular weight is 369 g/mol. The molecular weight excluding hydrogens is 336 g/mol. The Morgan fingerprint density at radius 3 is 2.78 bits per heavy atom. The van der Waals surface area contributed by atoms with Crippen LogP contribution in [0.4, 0.5) is 5.82 Å². The molecule has 0 aliphatic carbocycles. The Hall–Kier alpha value is -2.30. The highest BCUT2D eigenvalue weighted by Crippen LogP contribution is 2.30. The molecule has 0 amide bonds. The molecule has 1 aliphatic heterocycles. The summed E-state index contributed by atoms with van der Waals surface area (Å²) in [5, 5.41) is 0. The van der Waals surface area contributed by atoms with E-state index in [2.05, 4.69) is 41.4 Å². The van der Waals surface area contributed by atoms with Gasteiger partial charge in [0.2, 0.25) is 0 Å². The molecule has 0 spiro atoms. The molecule has 3 heterocycles. The molecular formula is C22H32N4O. The lowest BCUT2D eigenvalue weighted by Crippen LogP contribution is -2.29. The number of hydrogen-bond donors (Lipinski definition) is 0. The van der Waals surface area contributed by atoms with Crippen molar-refractivity contribution in [3.05, 3.63) is 36.3 Å². The van der Waals surface area contributed by atoms with Crippen molar-refractivity contribution in [3.63, 3.8) is 0 Å². The van der Waals surface area contributed by atoms with Gasteiger partial charge in [0.15, 0.2) is 5.78 Å². The number of carbonyl (C=O) groups excluding carboxylic acids is 1. The Bertz CT molecular complexity index is 787. The zero-order valence-electron chi connectivity index (χ0n) is 17.2. The molecule has 2 aromatic rings. The lowest BCUT2D eigenvalue weighted by molar-refractivity contribution is -0.112. The first-order chi connectivity index (χ1) is 13.0. The second kappa shape index (κ2) is 10.1. The largest absolute Gasteiger partial charge is 0.356 e. The fourth-order valence-electron chi connectivity index (χ4n) is 3.30. The van der Waals surface area contributed by atoms with Gasteiger partial charge in [-0.05, 0) is 56.7 Å². The molecule has 1 atom stereocenters. The van der Waals surface area contributed by atoms with Crippen LogP contribution in [-0.2, 0) is 11.2 Å². The predicted molar refractivity (Wildman–Crippen MR) is 112 cm³/mol. The van der Waals surface area contributed by atoms with Gasteiger partial charge in [-0.2, -0.15) is 0 Å². The fraction of sp³-hybridized carbons (Fsp3) is 0.545. The van der Waals surface area contributed by atoms with Gasteiger partial charge in [-0.25, -0.2) is 15.0 Å². The zero-order valence-corrected chi connectivity index (χ0v) is 17.2. The first-order valence-corrected chi connectivity index (χ1v) is 9.95. The van der Waals surface area contributed by atoms with Crippen molar-refractivity contribution < 1.29 is 4.79 Å². The fourth-order valence-corrected chi connectivity index (χ4v) is 3.30. The van der Waals surface area contributed by atoms with Crippen LogP contribution in [0.2, 0.25) is 0 Å². The molecule has 146 valence electrons. The van der Waals surface area contributed by atoms with Crippen molar-refractivity contribution >= 4 is 22.6 Å². The molecule has 0 bridgehead atoms. The smallest absolute Gasteiger partial charge is 0.152 e. The lowest BCUT2D eigenvalue weighted by atomic mass is 10.0. The molecule has 3 rings (SSSR count). The van der Waals surface area contributed by atoms with Gasteiger partial charge < -0.3 is 4.90 Å². The molecule has 0 N–H and O–H groups in total. The van der Waals surface area contributed by atoms with Gasteiger partial charge >= 0.3 is 0 Å². The van der Waals surface area contributed by atoms with Crippen molar-refractivity contribution in [3.8, 4) is 0 Å². The quantitative estimate of drug-likeness (QED) is 0.567. The normalized spacial score (nSPS) is 16.1. The maximum absolute atomic E-state index is 9.69. The van der Waals surface area contributed by atoms with Gasteiger partial charge in [0.1, 0.15) is 17.7 Å². The van der Waals surface area contributed by atoms with Crippen LogP contribution in [-0.4, -0.2) is 33.8 Å². The number of allylic oxidation sites excluding steroid dienone is 1. The predicted octanol–water partition coefficient (Wildman–Crippen LogP) is 4.67. The Labute approximate surface area is 162 Å². The molecule has 1 aliphatic rings. The standard InChI is InChI=1S/C18H26N4.C4H6O/c1-4-5-6-9-22-11-13(2)7-8-15-10-16-17(21-18(15)22)14(3)19-12-20-16;1-3-4(2)5/h10,12-13H,4-9,11H2,1-3H3;3H,1H2,2H3. The molecule has 0 saturated carbocycles. The van der Waals surface area contributed by atoms with Gasteiger partial charge in [-0.1, -0.05) is 33.3 Å². The summed E-state index contributed by atoms with van der Waals surface area (Å²) in [5.74, 6) is 1.90. The number of ketones is 1. The van der Waals surface area contributed by atoms with E-state index < -0.39 is 0 Å². The molecule has 0 saturated heterocycles. The van der Waals surface area contributed by atoms with E-state index in [4.69, 9.17) is 4.98 Å². The van der Waals surface area contributed by atoms with Crippen LogP contribution < -0.4 is 4.90 Å². The van der Waals surface area contributed by atoms with E-state index in [1.54, 1.807) is 6.33 Å². The van der Waals surface area contributed by atoms with E-state index in [0.717, 1.165) is 36.2 Å². The van der Waals surface area contributed by atoms with Crippen LogP contribution >= 0.6 is 0 Å². The summed E-state index contributed by atoms with van der Waals surface area (Å²) in [5.41, 5.74) is 4.26. The van der Waals surface area contributed by atoms with E-state index in [9.17, 15) is 4.79 Å². The Morgan fingerprint density at radius 1 is 1.37 bits per heavy atom. The van der Waals surface area contributed by atoms with Crippen LogP contribution in [0.5, 0.6) is 0 Å². The zero-order chi connectivity index (χ0) is 19.8. The summed E-state index contributed by atoms with van der Waals surface area (Å²) in [6, 6.07) is 2.23. The highest BCUT2D eigenvalue weighted by Gasteiger charge is 2.21. The van der Waals surface area contributed by atoms with Crippen LogP contribution in [0.15, 0.2) is 25.0 Å². The van der Waals surface area contributed by atoms with E-state index >= 15 is 0 Å². The van der Waals surface area contributed by atoms with E-state index in [0.29, 0.717) is 5.92 Å². The number of aryl methyl sites for hydroxylation is 2. The number of hydrogen-bond acceptors (Lipinski definition) is 5. The minimum atomic E-state index is 0.0185. The molecule has 5 nitrogen and oxygen atoms in total. The molecule has 0 aromatic carbocycles. The van der Waals surface area contributed by atoms with Gasteiger partial charge in [0.05, 0.1) is 11.2 Å². The maximum Gasteiger partial charge on any atom is 0.152 e. The number of aromatic nitrogens is 3. The summed E-state index contributed by atoms with van der Waals surface area (Å²) < 4.78 is 0. The van der Waals surface area contributed by atoms with Crippen LogP contribution in [0.25, 0.3) is 11.0 Å². The van der Waals surface area contributed by atoms with Crippen molar-refractivity contribution in [2.24, 2.45) is 5.92 Å². The first-order valence-electron chi connectivity index (χ1n) is 9.95. The number of rotatable bonds is 5. The summed E-state index contributed by atoms with van der Waals surface area (Å²) in [4.78, 5) is 25.9. The third kappa shape index (κ3) is 5.84. The first kappa shape index (κ1) is 21.0. The van der Waals surface area contributed by atoms with E-state index in [-0.39, 0.29) is 5.78 Å². The van der Waals surface area contributed by atoms with Gasteiger partial charge in [0, 0.05) is 13.1 Å².